The Hall–Kier alpha value is -4.20. The summed E-state index contributed by atoms with van der Waals surface area (Å²) in [6.45, 7) is 1.83. The molecule has 0 heterocycles. The maximum absolute atomic E-state index is 13.0. The predicted molar refractivity (Wildman–Crippen MR) is 120 cm³/mol. The number of amides is 2. The minimum absolute atomic E-state index is 0.245. The molecule has 0 bridgehead atoms. The number of aryl methyl sites for hydroxylation is 1. The summed E-state index contributed by atoms with van der Waals surface area (Å²) in [4.78, 5) is 25.5. The number of hydrazone groups is 1. The molecule has 0 saturated carbocycles. The van der Waals surface area contributed by atoms with Crippen molar-refractivity contribution in [3.8, 4) is 11.5 Å². The first-order valence-corrected chi connectivity index (χ1v) is 9.64. The number of anilines is 1. The van der Waals surface area contributed by atoms with Gasteiger partial charge in [0.1, 0.15) is 5.82 Å². The molecule has 32 heavy (non-hydrogen) atoms. The van der Waals surface area contributed by atoms with Crippen LogP contribution in [-0.2, 0) is 0 Å². The summed E-state index contributed by atoms with van der Waals surface area (Å²) in [5.74, 6) is -0.371. The Balaban J connectivity index is 1.77. The number of hydrogen-bond acceptors (Lipinski definition) is 5. The topological polar surface area (TPSA) is 89.0 Å². The van der Waals surface area contributed by atoms with Gasteiger partial charge in [0.15, 0.2) is 11.5 Å². The van der Waals surface area contributed by atoms with Crippen molar-refractivity contribution in [3.63, 3.8) is 0 Å². The molecule has 0 aliphatic rings. The van der Waals surface area contributed by atoms with Crippen LogP contribution in [0.15, 0.2) is 65.8 Å². The highest BCUT2D eigenvalue weighted by Gasteiger charge is 2.16. The van der Waals surface area contributed by atoms with E-state index in [1.807, 2.05) is 6.92 Å². The van der Waals surface area contributed by atoms with E-state index in [4.69, 9.17) is 9.47 Å². The molecule has 0 aliphatic heterocycles. The van der Waals surface area contributed by atoms with Crippen LogP contribution in [0.5, 0.6) is 11.5 Å². The lowest BCUT2D eigenvalue weighted by atomic mass is 10.1. The molecule has 8 heteroatoms. The Labute approximate surface area is 184 Å². The van der Waals surface area contributed by atoms with E-state index in [0.717, 1.165) is 5.56 Å². The standard InChI is InChI=1S/C24H22FN3O4/c1-15-4-10-20(27-23(29)17-7-11-21(31-2)22(13-17)32-3)19(12-15)24(30)28-26-14-16-5-8-18(25)9-6-16/h4-14H,1-3H3,(H,27,29)(H,28,30)/b26-14+. The van der Waals surface area contributed by atoms with E-state index in [1.165, 1.54) is 44.7 Å². The highest BCUT2D eigenvalue weighted by atomic mass is 19.1. The molecule has 0 radical (unpaired) electrons. The molecule has 2 amide bonds. The monoisotopic (exact) mass is 435 g/mol. The van der Waals surface area contributed by atoms with Gasteiger partial charge < -0.3 is 14.8 Å². The van der Waals surface area contributed by atoms with Crippen molar-refractivity contribution < 1.29 is 23.5 Å². The molecular formula is C24H22FN3O4. The zero-order valence-electron chi connectivity index (χ0n) is 17.8. The lowest BCUT2D eigenvalue weighted by Gasteiger charge is -2.13. The molecule has 3 rings (SSSR count). The van der Waals surface area contributed by atoms with Crippen molar-refractivity contribution in [1.82, 2.24) is 5.43 Å². The Morgan fingerprint density at radius 2 is 1.62 bits per heavy atom. The number of halogens is 1. The molecule has 0 saturated heterocycles. The van der Waals surface area contributed by atoms with Crippen LogP contribution in [0.1, 0.15) is 31.8 Å². The average molecular weight is 435 g/mol. The summed E-state index contributed by atoms with van der Waals surface area (Å²) in [5, 5.41) is 6.66. The van der Waals surface area contributed by atoms with Crippen LogP contribution >= 0.6 is 0 Å². The first-order chi connectivity index (χ1) is 15.4. The molecule has 0 aliphatic carbocycles. The smallest absolute Gasteiger partial charge is 0.273 e. The van der Waals surface area contributed by atoms with E-state index < -0.39 is 11.8 Å². The van der Waals surface area contributed by atoms with Crippen LogP contribution < -0.4 is 20.2 Å². The van der Waals surface area contributed by atoms with E-state index >= 15 is 0 Å². The first kappa shape index (κ1) is 22.5. The van der Waals surface area contributed by atoms with Crippen LogP contribution in [0.25, 0.3) is 0 Å². The fraction of sp³-hybridized carbons (Fsp3) is 0.125. The van der Waals surface area contributed by atoms with Crippen molar-refractivity contribution in [3.05, 3.63) is 88.7 Å². The lowest BCUT2D eigenvalue weighted by Crippen LogP contribution is -2.21. The van der Waals surface area contributed by atoms with Crippen molar-refractivity contribution in [2.45, 2.75) is 6.92 Å². The van der Waals surface area contributed by atoms with Crippen molar-refractivity contribution in [2.75, 3.05) is 19.5 Å². The van der Waals surface area contributed by atoms with Crippen LogP contribution in [-0.4, -0.2) is 32.2 Å². The van der Waals surface area contributed by atoms with Crippen molar-refractivity contribution in [1.29, 1.82) is 0 Å². The van der Waals surface area contributed by atoms with E-state index in [1.54, 1.807) is 36.4 Å². The summed E-state index contributed by atoms with van der Waals surface area (Å²) in [6, 6.07) is 15.5. The zero-order chi connectivity index (χ0) is 23.1. The van der Waals surface area contributed by atoms with E-state index in [9.17, 15) is 14.0 Å². The van der Waals surface area contributed by atoms with E-state index in [-0.39, 0.29) is 11.4 Å². The molecule has 2 N–H and O–H groups in total. The summed E-state index contributed by atoms with van der Waals surface area (Å²) >= 11 is 0. The predicted octanol–water partition coefficient (Wildman–Crippen LogP) is 4.17. The third-order valence-electron chi connectivity index (χ3n) is 4.56. The number of nitrogens with one attached hydrogen (secondary N) is 2. The number of ether oxygens (including phenoxy) is 2. The Morgan fingerprint density at radius 3 is 2.31 bits per heavy atom. The molecule has 164 valence electrons. The normalized spacial score (nSPS) is 10.6. The number of carbonyl (C=O) groups is 2. The zero-order valence-corrected chi connectivity index (χ0v) is 17.8. The fourth-order valence-corrected chi connectivity index (χ4v) is 2.90. The van der Waals surface area contributed by atoms with Gasteiger partial charge in [0.2, 0.25) is 0 Å². The number of methoxy groups -OCH3 is 2. The number of benzene rings is 3. The molecule has 3 aromatic carbocycles. The quantitative estimate of drug-likeness (QED) is 0.431. The Kier molecular flexibility index (Phi) is 7.17. The maximum atomic E-state index is 13.0. The van der Waals surface area contributed by atoms with Crippen molar-refractivity contribution >= 4 is 23.7 Å². The van der Waals surface area contributed by atoms with Gasteiger partial charge in [-0.1, -0.05) is 23.8 Å². The SMILES string of the molecule is COc1ccc(C(=O)Nc2ccc(C)cc2C(=O)N/N=C/c2ccc(F)cc2)cc1OC. The molecule has 0 unspecified atom stereocenters. The van der Waals surface area contributed by atoms with Crippen molar-refractivity contribution in [2.24, 2.45) is 5.10 Å². The van der Waals surface area contributed by atoms with Crippen LogP contribution in [0, 0.1) is 12.7 Å². The average Bonchev–Trinajstić information content (AvgIpc) is 2.80. The van der Waals surface area contributed by atoms with E-state index in [0.29, 0.717) is 28.3 Å². The summed E-state index contributed by atoms with van der Waals surface area (Å²) < 4.78 is 23.4. The van der Waals surface area contributed by atoms with Crippen LogP contribution in [0.2, 0.25) is 0 Å². The minimum atomic E-state index is -0.505. The van der Waals surface area contributed by atoms with Crippen LogP contribution in [0.4, 0.5) is 10.1 Å². The Morgan fingerprint density at radius 1 is 0.906 bits per heavy atom. The van der Waals surface area contributed by atoms with Gasteiger partial charge in [-0.05, 0) is 55.0 Å². The van der Waals surface area contributed by atoms with Gasteiger partial charge in [-0.3, -0.25) is 9.59 Å². The van der Waals surface area contributed by atoms with E-state index in [2.05, 4.69) is 15.8 Å². The number of hydrogen-bond donors (Lipinski definition) is 2. The second-order valence-electron chi connectivity index (χ2n) is 6.82. The third kappa shape index (κ3) is 5.48. The van der Waals surface area contributed by atoms with Gasteiger partial charge in [0, 0.05) is 5.56 Å². The summed E-state index contributed by atoms with van der Waals surface area (Å²) in [6.07, 6.45) is 1.40. The van der Waals surface area contributed by atoms with Gasteiger partial charge in [-0.2, -0.15) is 5.10 Å². The third-order valence-corrected chi connectivity index (χ3v) is 4.56. The largest absolute Gasteiger partial charge is 0.493 e. The first-order valence-electron chi connectivity index (χ1n) is 9.64. The summed E-state index contributed by atoms with van der Waals surface area (Å²) in [7, 11) is 2.99. The second-order valence-corrected chi connectivity index (χ2v) is 6.82. The highest BCUT2D eigenvalue weighted by Crippen LogP contribution is 2.28. The molecule has 0 atom stereocenters. The summed E-state index contributed by atoms with van der Waals surface area (Å²) in [5.41, 5.74) is 4.79. The minimum Gasteiger partial charge on any atom is -0.493 e. The van der Waals surface area contributed by atoms with Gasteiger partial charge in [0.05, 0.1) is 31.7 Å². The van der Waals surface area contributed by atoms with Gasteiger partial charge in [-0.15, -0.1) is 0 Å². The molecule has 0 spiro atoms. The highest BCUT2D eigenvalue weighted by molar-refractivity contribution is 6.09. The molecule has 0 aromatic heterocycles. The fourth-order valence-electron chi connectivity index (χ4n) is 2.90. The lowest BCUT2D eigenvalue weighted by molar-refractivity contribution is 0.0956. The van der Waals surface area contributed by atoms with Gasteiger partial charge in [0.25, 0.3) is 11.8 Å². The number of rotatable bonds is 7. The van der Waals surface area contributed by atoms with Crippen LogP contribution in [0.3, 0.4) is 0 Å². The molecule has 0 fully saturated rings. The maximum Gasteiger partial charge on any atom is 0.273 e. The molecule has 7 nitrogen and oxygen atoms in total. The van der Waals surface area contributed by atoms with Gasteiger partial charge in [-0.25, -0.2) is 9.82 Å². The molecular weight excluding hydrogens is 413 g/mol. The number of carbonyl (C=O) groups excluding carboxylic acids is 2. The molecule has 3 aromatic rings. The number of nitrogens with zero attached hydrogens (tertiary/aromatic N) is 1. The Bertz CT molecular complexity index is 1160. The second kappa shape index (κ2) is 10.2. The van der Waals surface area contributed by atoms with Gasteiger partial charge >= 0.3 is 0 Å².